The maximum atomic E-state index is 9.33. The molecule has 0 radical (unpaired) electrons. The Balaban J connectivity index is 1.44. The fourth-order valence-corrected chi connectivity index (χ4v) is 5.56. The van der Waals surface area contributed by atoms with E-state index in [0.29, 0.717) is 24.7 Å². The Kier molecular flexibility index (Phi) is 6.50. The Morgan fingerprint density at radius 1 is 1.14 bits per heavy atom. The highest BCUT2D eigenvalue weighted by Gasteiger charge is 2.22. The monoisotopic (exact) mass is 493 g/mol. The van der Waals surface area contributed by atoms with Gasteiger partial charge in [0.1, 0.15) is 11.3 Å². The molecule has 0 bridgehead atoms. The number of hydrogen-bond acceptors (Lipinski definition) is 6. The van der Waals surface area contributed by atoms with Gasteiger partial charge in [0.25, 0.3) is 0 Å². The number of ether oxygens (including phenoxy) is 2. The summed E-state index contributed by atoms with van der Waals surface area (Å²) in [5, 5.41) is 9.33. The van der Waals surface area contributed by atoms with Gasteiger partial charge in [-0.2, -0.15) is 5.26 Å². The van der Waals surface area contributed by atoms with Crippen LogP contribution in [0.2, 0.25) is 0 Å². The zero-order valence-corrected chi connectivity index (χ0v) is 21.2. The molecule has 188 valence electrons. The molecule has 2 aliphatic rings. The number of piperidine rings is 1. The molecule has 4 aromatic rings. The number of aromatic nitrogens is 3. The average Bonchev–Trinajstić information content (AvgIpc) is 3.45. The van der Waals surface area contributed by atoms with E-state index in [2.05, 4.69) is 44.4 Å². The second-order valence-corrected chi connectivity index (χ2v) is 9.96. The van der Waals surface area contributed by atoms with Gasteiger partial charge in [0, 0.05) is 35.3 Å². The van der Waals surface area contributed by atoms with E-state index in [0.717, 1.165) is 71.0 Å². The fraction of sp³-hybridized carbons (Fsp3) is 0.367. The molecule has 7 heteroatoms. The SMILES string of the molecule is CCN1CCCC(COc2cc(-c3ccc(C#N)cc3)c(-c3cnc4c(c3)CCCO4)n3cncc23)C1. The van der Waals surface area contributed by atoms with Crippen LogP contribution in [0.3, 0.4) is 0 Å². The van der Waals surface area contributed by atoms with Gasteiger partial charge < -0.3 is 14.4 Å². The lowest BCUT2D eigenvalue weighted by molar-refractivity contribution is 0.135. The van der Waals surface area contributed by atoms with Gasteiger partial charge in [-0.05, 0) is 68.6 Å². The summed E-state index contributed by atoms with van der Waals surface area (Å²) in [6.45, 7) is 6.96. The van der Waals surface area contributed by atoms with Gasteiger partial charge in [-0.15, -0.1) is 0 Å². The zero-order valence-electron chi connectivity index (χ0n) is 21.2. The van der Waals surface area contributed by atoms with Crippen LogP contribution >= 0.6 is 0 Å². The molecule has 1 saturated heterocycles. The first-order chi connectivity index (χ1) is 18.2. The first-order valence-corrected chi connectivity index (χ1v) is 13.2. The van der Waals surface area contributed by atoms with Crippen molar-refractivity contribution < 1.29 is 9.47 Å². The van der Waals surface area contributed by atoms with Crippen molar-refractivity contribution in [1.82, 2.24) is 19.3 Å². The van der Waals surface area contributed by atoms with Crippen molar-refractivity contribution in [2.24, 2.45) is 5.92 Å². The van der Waals surface area contributed by atoms with Crippen molar-refractivity contribution in [3.05, 3.63) is 66.2 Å². The van der Waals surface area contributed by atoms with Crippen LogP contribution in [0.5, 0.6) is 11.6 Å². The Hall–Kier alpha value is -3.89. The summed E-state index contributed by atoms with van der Waals surface area (Å²) in [5.74, 6) is 2.06. The molecule has 1 unspecified atom stereocenters. The molecular weight excluding hydrogens is 462 g/mol. The van der Waals surface area contributed by atoms with E-state index in [1.165, 1.54) is 19.4 Å². The van der Waals surface area contributed by atoms with Gasteiger partial charge in [0.15, 0.2) is 0 Å². The summed E-state index contributed by atoms with van der Waals surface area (Å²) in [7, 11) is 0. The third-order valence-electron chi connectivity index (χ3n) is 7.54. The molecule has 0 amide bonds. The van der Waals surface area contributed by atoms with Crippen molar-refractivity contribution in [3.8, 4) is 40.1 Å². The maximum absolute atomic E-state index is 9.33. The first-order valence-electron chi connectivity index (χ1n) is 13.2. The predicted molar refractivity (Wildman–Crippen MR) is 143 cm³/mol. The number of hydrogen-bond donors (Lipinski definition) is 0. The minimum Gasteiger partial charge on any atom is -0.491 e. The minimum absolute atomic E-state index is 0.513. The molecule has 5 heterocycles. The summed E-state index contributed by atoms with van der Waals surface area (Å²) in [6, 6.07) is 14.3. The van der Waals surface area contributed by atoms with Crippen LogP contribution in [0.1, 0.15) is 37.3 Å². The van der Waals surface area contributed by atoms with Crippen LogP contribution in [0, 0.1) is 17.2 Å². The van der Waals surface area contributed by atoms with E-state index < -0.39 is 0 Å². The van der Waals surface area contributed by atoms with E-state index in [1.807, 2.05) is 43.0 Å². The quantitative estimate of drug-likeness (QED) is 0.359. The normalized spacial score (nSPS) is 17.7. The highest BCUT2D eigenvalue weighted by Crippen LogP contribution is 2.39. The molecular formula is C30H31N5O2. The van der Waals surface area contributed by atoms with Crippen LogP contribution in [0.15, 0.2) is 55.1 Å². The maximum Gasteiger partial charge on any atom is 0.216 e. The van der Waals surface area contributed by atoms with Gasteiger partial charge in [-0.25, -0.2) is 9.97 Å². The van der Waals surface area contributed by atoms with Crippen molar-refractivity contribution in [1.29, 1.82) is 5.26 Å². The van der Waals surface area contributed by atoms with Crippen molar-refractivity contribution in [3.63, 3.8) is 0 Å². The van der Waals surface area contributed by atoms with Crippen LogP contribution in [0.4, 0.5) is 0 Å². The van der Waals surface area contributed by atoms with Gasteiger partial charge in [-0.1, -0.05) is 19.1 Å². The second-order valence-electron chi connectivity index (χ2n) is 9.96. The molecule has 0 spiro atoms. The number of nitrogens with zero attached hydrogens (tertiary/aromatic N) is 5. The lowest BCUT2D eigenvalue weighted by Crippen LogP contribution is -2.37. The number of aryl methyl sites for hydroxylation is 1. The Morgan fingerprint density at radius 2 is 2.03 bits per heavy atom. The summed E-state index contributed by atoms with van der Waals surface area (Å²) in [4.78, 5) is 11.7. The van der Waals surface area contributed by atoms with Gasteiger partial charge in [0.05, 0.1) is 43.1 Å². The van der Waals surface area contributed by atoms with E-state index in [4.69, 9.17) is 9.47 Å². The summed E-state index contributed by atoms with van der Waals surface area (Å²) in [6.07, 6.45) is 9.95. The topological polar surface area (TPSA) is 75.7 Å². The third kappa shape index (κ3) is 4.65. The lowest BCUT2D eigenvalue weighted by Gasteiger charge is -2.31. The fourth-order valence-electron chi connectivity index (χ4n) is 5.56. The van der Waals surface area contributed by atoms with E-state index in [1.54, 1.807) is 0 Å². The first kappa shape index (κ1) is 23.5. The Labute approximate surface area is 217 Å². The predicted octanol–water partition coefficient (Wildman–Crippen LogP) is 5.37. The number of likely N-dealkylation sites (tertiary alicyclic amines) is 1. The number of pyridine rings is 2. The van der Waals surface area contributed by atoms with Crippen molar-refractivity contribution in [2.75, 3.05) is 32.8 Å². The molecule has 37 heavy (non-hydrogen) atoms. The number of benzene rings is 1. The standard InChI is InChI=1S/C30H31N5O2/c1-2-34-11-3-5-22(18-34)19-37-28-14-26(23-9-7-21(15-31)8-10-23)29(35-20-32-17-27(28)35)25-13-24-6-4-12-36-30(24)33-16-25/h7-10,13-14,16-17,20,22H,2-6,11-12,18-19H2,1H3. The van der Waals surface area contributed by atoms with E-state index in [9.17, 15) is 5.26 Å². The molecule has 0 saturated carbocycles. The van der Waals surface area contributed by atoms with Crippen LogP contribution < -0.4 is 9.47 Å². The number of nitriles is 1. The molecule has 0 N–H and O–H groups in total. The molecule has 3 aromatic heterocycles. The minimum atomic E-state index is 0.513. The second kappa shape index (κ2) is 10.2. The highest BCUT2D eigenvalue weighted by atomic mass is 16.5. The van der Waals surface area contributed by atoms with Crippen LogP contribution in [-0.2, 0) is 6.42 Å². The zero-order chi connectivity index (χ0) is 25.2. The van der Waals surface area contributed by atoms with Crippen LogP contribution in [0.25, 0.3) is 27.9 Å². The molecule has 0 aliphatic carbocycles. The lowest BCUT2D eigenvalue weighted by atomic mass is 9.96. The molecule has 1 fully saturated rings. The summed E-state index contributed by atoms with van der Waals surface area (Å²) in [5.41, 5.74) is 6.73. The third-order valence-corrected chi connectivity index (χ3v) is 7.54. The molecule has 2 aliphatic heterocycles. The van der Waals surface area contributed by atoms with E-state index >= 15 is 0 Å². The largest absolute Gasteiger partial charge is 0.491 e. The van der Waals surface area contributed by atoms with E-state index in [-0.39, 0.29) is 0 Å². The average molecular weight is 494 g/mol. The van der Waals surface area contributed by atoms with Crippen molar-refractivity contribution >= 4 is 5.52 Å². The van der Waals surface area contributed by atoms with Crippen LogP contribution in [-0.4, -0.2) is 52.1 Å². The van der Waals surface area contributed by atoms with Gasteiger partial charge >= 0.3 is 0 Å². The Bertz CT molecular complexity index is 1450. The molecule has 1 aromatic carbocycles. The smallest absolute Gasteiger partial charge is 0.216 e. The van der Waals surface area contributed by atoms with Gasteiger partial charge in [-0.3, -0.25) is 4.40 Å². The summed E-state index contributed by atoms with van der Waals surface area (Å²) < 4.78 is 14.4. The highest BCUT2D eigenvalue weighted by molar-refractivity contribution is 5.86. The Morgan fingerprint density at radius 3 is 2.86 bits per heavy atom. The van der Waals surface area contributed by atoms with Gasteiger partial charge in [0.2, 0.25) is 5.88 Å². The number of imidazole rings is 1. The molecule has 7 nitrogen and oxygen atoms in total. The number of rotatable bonds is 6. The molecule has 6 rings (SSSR count). The molecule has 1 atom stereocenters. The van der Waals surface area contributed by atoms with Crippen molar-refractivity contribution in [2.45, 2.75) is 32.6 Å². The summed E-state index contributed by atoms with van der Waals surface area (Å²) >= 11 is 0. The number of fused-ring (bicyclic) bond motifs is 2.